The van der Waals surface area contributed by atoms with Crippen LogP contribution < -0.4 is 5.43 Å². The summed E-state index contributed by atoms with van der Waals surface area (Å²) in [7, 11) is 0. The van der Waals surface area contributed by atoms with Gasteiger partial charge in [0.05, 0.1) is 5.69 Å². The van der Waals surface area contributed by atoms with Gasteiger partial charge in [0.2, 0.25) is 5.43 Å². The zero-order valence-corrected chi connectivity index (χ0v) is 14.4. The Hall–Kier alpha value is -1.29. The van der Waals surface area contributed by atoms with E-state index in [9.17, 15) is 9.90 Å². The first-order valence-corrected chi connectivity index (χ1v) is 9.33. The van der Waals surface area contributed by atoms with Crippen LogP contribution in [0.25, 0.3) is 0 Å². The van der Waals surface area contributed by atoms with E-state index in [4.69, 9.17) is 0 Å². The Morgan fingerprint density at radius 2 is 1.65 bits per heavy atom. The van der Waals surface area contributed by atoms with Crippen LogP contribution in [0.2, 0.25) is 0 Å². The lowest BCUT2D eigenvalue weighted by atomic mass is 9.95. The zero-order chi connectivity index (χ0) is 16.2. The molecule has 4 heteroatoms. The van der Waals surface area contributed by atoms with Crippen LogP contribution in [-0.2, 0) is 6.54 Å². The maximum absolute atomic E-state index is 12.1. The predicted molar refractivity (Wildman–Crippen MR) is 93.0 cm³/mol. The molecule has 0 spiro atoms. The number of rotatable bonds is 3. The second-order valence-electron chi connectivity index (χ2n) is 7.30. The highest BCUT2D eigenvalue weighted by Crippen LogP contribution is 2.31. The van der Waals surface area contributed by atoms with Crippen molar-refractivity contribution in [2.24, 2.45) is 0 Å². The molecule has 1 aromatic heterocycles. The predicted octanol–water partition coefficient (Wildman–Crippen LogP) is 3.74. The lowest BCUT2D eigenvalue weighted by Gasteiger charge is -2.30. The number of aromatic hydroxyl groups is 1. The number of aryl methyl sites for hydroxylation is 1. The van der Waals surface area contributed by atoms with Gasteiger partial charge in [-0.15, -0.1) is 0 Å². The molecule has 1 saturated carbocycles. The molecule has 0 radical (unpaired) electrons. The van der Waals surface area contributed by atoms with Gasteiger partial charge in [-0.1, -0.05) is 32.1 Å². The van der Waals surface area contributed by atoms with E-state index in [0.717, 1.165) is 37.3 Å². The number of nitrogens with zero attached hydrogens (tertiary/aromatic N) is 2. The molecule has 2 heterocycles. The molecule has 2 aliphatic rings. The van der Waals surface area contributed by atoms with Gasteiger partial charge in [0.25, 0.3) is 0 Å². The molecule has 1 N–H and O–H groups in total. The number of aromatic nitrogens is 1. The van der Waals surface area contributed by atoms with Crippen LogP contribution in [0.4, 0.5) is 0 Å². The minimum Gasteiger partial charge on any atom is -0.503 e. The molecule has 0 bridgehead atoms. The maximum atomic E-state index is 12.1. The van der Waals surface area contributed by atoms with Gasteiger partial charge >= 0.3 is 0 Å². The lowest BCUT2D eigenvalue weighted by Crippen LogP contribution is -2.27. The van der Waals surface area contributed by atoms with Crippen molar-refractivity contribution < 1.29 is 5.11 Å². The average molecular weight is 318 g/mol. The summed E-state index contributed by atoms with van der Waals surface area (Å²) >= 11 is 0. The fourth-order valence-electron chi connectivity index (χ4n) is 4.30. The van der Waals surface area contributed by atoms with E-state index in [2.05, 4.69) is 9.47 Å². The number of pyridine rings is 1. The fraction of sp³-hybridized carbons (Fsp3) is 0.737. The highest BCUT2D eigenvalue weighted by Gasteiger charge is 2.23. The van der Waals surface area contributed by atoms with Crippen LogP contribution >= 0.6 is 0 Å². The van der Waals surface area contributed by atoms with Gasteiger partial charge in [0.15, 0.2) is 5.75 Å². The Balaban J connectivity index is 1.95. The van der Waals surface area contributed by atoms with Crippen LogP contribution in [0.3, 0.4) is 0 Å². The van der Waals surface area contributed by atoms with Crippen LogP contribution in [0, 0.1) is 6.92 Å². The monoisotopic (exact) mass is 318 g/mol. The van der Waals surface area contributed by atoms with E-state index in [0.29, 0.717) is 12.6 Å². The number of hydrogen-bond acceptors (Lipinski definition) is 3. The van der Waals surface area contributed by atoms with Crippen molar-refractivity contribution in [3.05, 3.63) is 27.7 Å². The zero-order valence-electron chi connectivity index (χ0n) is 14.4. The molecule has 0 unspecified atom stereocenters. The molecule has 23 heavy (non-hydrogen) atoms. The molecule has 4 nitrogen and oxygen atoms in total. The molecule has 0 aromatic carbocycles. The Morgan fingerprint density at radius 1 is 1.04 bits per heavy atom. The summed E-state index contributed by atoms with van der Waals surface area (Å²) in [5.41, 5.74) is 1.63. The molecule has 2 fully saturated rings. The van der Waals surface area contributed by atoms with Gasteiger partial charge in [0.1, 0.15) is 0 Å². The summed E-state index contributed by atoms with van der Waals surface area (Å²) in [6.45, 7) is 4.88. The highest BCUT2D eigenvalue weighted by atomic mass is 16.3. The van der Waals surface area contributed by atoms with Gasteiger partial charge in [-0.25, -0.2) is 0 Å². The van der Waals surface area contributed by atoms with Gasteiger partial charge in [0, 0.05) is 24.3 Å². The summed E-state index contributed by atoms with van der Waals surface area (Å²) in [6, 6.07) is 2.04. The molecule has 1 aromatic rings. The van der Waals surface area contributed by atoms with Gasteiger partial charge < -0.3 is 9.67 Å². The Labute approximate surface area is 139 Å². The highest BCUT2D eigenvalue weighted by molar-refractivity contribution is 5.30. The maximum Gasteiger partial charge on any atom is 0.223 e. The molecule has 1 aliphatic heterocycles. The third-order valence-corrected chi connectivity index (χ3v) is 5.53. The average Bonchev–Trinajstić information content (AvgIpc) is 2.99. The summed E-state index contributed by atoms with van der Waals surface area (Å²) in [4.78, 5) is 14.5. The van der Waals surface area contributed by atoms with Crippen molar-refractivity contribution in [3.63, 3.8) is 0 Å². The normalized spacial score (nSPS) is 21.3. The van der Waals surface area contributed by atoms with Crippen LogP contribution in [-0.4, -0.2) is 27.7 Å². The molecule has 1 aliphatic carbocycles. The van der Waals surface area contributed by atoms with Crippen molar-refractivity contribution in [1.29, 1.82) is 0 Å². The first-order valence-electron chi connectivity index (χ1n) is 9.33. The Kier molecular flexibility index (Phi) is 5.42. The summed E-state index contributed by atoms with van der Waals surface area (Å²) in [5, 5.41) is 10.5. The second-order valence-corrected chi connectivity index (χ2v) is 7.30. The van der Waals surface area contributed by atoms with Crippen LogP contribution in [0.15, 0.2) is 10.9 Å². The van der Waals surface area contributed by atoms with E-state index in [-0.39, 0.29) is 11.2 Å². The van der Waals surface area contributed by atoms with Gasteiger partial charge in [-0.05, 0) is 45.7 Å². The molecular formula is C19H30N2O2. The smallest absolute Gasteiger partial charge is 0.223 e. The first kappa shape index (κ1) is 16.6. The third kappa shape index (κ3) is 3.79. The van der Waals surface area contributed by atoms with Crippen molar-refractivity contribution in [3.8, 4) is 5.75 Å². The molecule has 1 saturated heterocycles. The molecule has 3 rings (SSSR count). The van der Waals surface area contributed by atoms with Crippen molar-refractivity contribution in [2.75, 3.05) is 13.1 Å². The number of hydrogen-bond donors (Lipinski definition) is 1. The summed E-state index contributed by atoms with van der Waals surface area (Å²) in [6.07, 6.45) is 11.2. The van der Waals surface area contributed by atoms with Crippen LogP contribution in [0.1, 0.15) is 75.2 Å². The van der Waals surface area contributed by atoms with E-state index >= 15 is 0 Å². The molecule has 128 valence electrons. The largest absolute Gasteiger partial charge is 0.503 e. The summed E-state index contributed by atoms with van der Waals surface area (Å²) in [5.74, 6) is -0.0236. The van der Waals surface area contributed by atoms with Crippen LogP contribution in [0.5, 0.6) is 5.75 Å². The standard InChI is InChI=1S/C19H30N2O2/c1-15-13-18(22)19(23)17(14-20-11-7-8-12-20)21(15)16-9-5-3-2-4-6-10-16/h13,16,23H,2-12,14H2,1H3. The minimum absolute atomic E-state index is 0.0236. The fourth-order valence-corrected chi connectivity index (χ4v) is 4.30. The Morgan fingerprint density at radius 3 is 2.30 bits per heavy atom. The van der Waals surface area contributed by atoms with Crippen molar-refractivity contribution in [1.82, 2.24) is 9.47 Å². The first-order chi connectivity index (χ1) is 11.2. The van der Waals surface area contributed by atoms with E-state index < -0.39 is 0 Å². The van der Waals surface area contributed by atoms with E-state index in [1.165, 1.54) is 44.9 Å². The molecule has 0 amide bonds. The Bertz CT molecular complexity index is 580. The van der Waals surface area contributed by atoms with Gasteiger partial charge in [-0.3, -0.25) is 9.69 Å². The SMILES string of the molecule is Cc1cc(=O)c(O)c(CN2CCCC2)n1C1CCCCCCC1. The van der Waals surface area contributed by atoms with E-state index in [1.54, 1.807) is 6.07 Å². The topological polar surface area (TPSA) is 45.5 Å². The second kappa shape index (κ2) is 7.52. The molecular weight excluding hydrogens is 288 g/mol. The quantitative estimate of drug-likeness (QED) is 0.923. The van der Waals surface area contributed by atoms with Gasteiger partial charge in [-0.2, -0.15) is 0 Å². The summed E-state index contributed by atoms with van der Waals surface area (Å²) < 4.78 is 2.29. The van der Waals surface area contributed by atoms with Crippen molar-refractivity contribution in [2.45, 2.75) is 77.3 Å². The lowest BCUT2D eigenvalue weighted by molar-refractivity contribution is 0.288. The molecule has 0 atom stereocenters. The third-order valence-electron chi connectivity index (χ3n) is 5.53. The minimum atomic E-state index is -0.223. The van der Waals surface area contributed by atoms with Crippen molar-refractivity contribution >= 4 is 0 Å². The van der Waals surface area contributed by atoms with E-state index in [1.807, 2.05) is 6.92 Å². The number of likely N-dealkylation sites (tertiary alicyclic amines) is 1.